The van der Waals surface area contributed by atoms with Crippen molar-refractivity contribution in [1.82, 2.24) is 9.97 Å². The van der Waals surface area contributed by atoms with Crippen LogP contribution in [0.3, 0.4) is 0 Å². The van der Waals surface area contributed by atoms with Gasteiger partial charge < -0.3 is 9.64 Å². The number of hydrogen-bond acceptors (Lipinski definition) is 4. The van der Waals surface area contributed by atoms with Crippen molar-refractivity contribution in [3.05, 3.63) is 16.0 Å². The van der Waals surface area contributed by atoms with Crippen LogP contribution in [0.4, 0.5) is 5.82 Å². The Balaban J connectivity index is 2.31. The third-order valence-electron chi connectivity index (χ3n) is 2.61. The predicted molar refractivity (Wildman–Crippen MR) is 67.0 cm³/mol. The van der Waals surface area contributed by atoms with Gasteiger partial charge in [-0.2, -0.15) is 0 Å². The standard InChI is InChI=1S/C10H13BrClN3O/c1-6-4-16-7(2)3-15(6)10-8(11)9(12)13-5-14-10/h5-7H,3-4H2,1-2H3. The van der Waals surface area contributed by atoms with Gasteiger partial charge in [0.25, 0.3) is 0 Å². The SMILES string of the molecule is CC1CN(c2ncnc(Cl)c2Br)C(C)CO1. The van der Waals surface area contributed by atoms with Gasteiger partial charge in [0.2, 0.25) is 0 Å². The fourth-order valence-electron chi connectivity index (χ4n) is 1.74. The summed E-state index contributed by atoms with van der Waals surface area (Å²) in [6.45, 7) is 5.67. The molecule has 0 spiro atoms. The van der Waals surface area contributed by atoms with Gasteiger partial charge in [0, 0.05) is 6.54 Å². The van der Waals surface area contributed by atoms with Crippen LogP contribution in [0.5, 0.6) is 0 Å². The van der Waals surface area contributed by atoms with Crippen LogP contribution in [0, 0.1) is 0 Å². The average molecular weight is 307 g/mol. The van der Waals surface area contributed by atoms with Gasteiger partial charge >= 0.3 is 0 Å². The van der Waals surface area contributed by atoms with Crippen molar-refractivity contribution < 1.29 is 4.74 Å². The van der Waals surface area contributed by atoms with E-state index in [1.807, 2.05) is 0 Å². The summed E-state index contributed by atoms with van der Waals surface area (Å²) in [6, 6.07) is 0.290. The third kappa shape index (κ3) is 2.31. The highest BCUT2D eigenvalue weighted by Crippen LogP contribution is 2.31. The van der Waals surface area contributed by atoms with Crippen molar-refractivity contribution in [2.75, 3.05) is 18.1 Å². The van der Waals surface area contributed by atoms with Crippen LogP contribution >= 0.6 is 27.5 Å². The Morgan fingerprint density at radius 3 is 3.00 bits per heavy atom. The van der Waals surface area contributed by atoms with Gasteiger partial charge in [-0.15, -0.1) is 0 Å². The van der Waals surface area contributed by atoms with E-state index in [0.29, 0.717) is 17.8 Å². The van der Waals surface area contributed by atoms with E-state index in [1.165, 1.54) is 6.33 Å². The Morgan fingerprint density at radius 2 is 2.25 bits per heavy atom. The summed E-state index contributed by atoms with van der Waals surface area (Å²) >= 11 is 9.38. The molecule has 16 heavy (non-hydrogen) atoms. The monoisotopic (exact) mass is 305 g/mol. The number of aromatic nitrogens is 2. The number of ether oxygens (including phenoxy) is 1. The smallest absolute Gasteiger partial charge is 0.148 e. The Labute approximate surface area is 108 Å². The number of halogens is 2. The quantitative estimate of drug-likeness (QED) is 0.747. The maximum absolute atomic E-state index is 5.96. The lowest BCUT2D eigenvalue weighted by atomic mass is 10.2. The molecule has 4 nitrogen and oxygen atoms in total. The fraction of sp³-hybridized carbons (Fsp3) is 0.600. The molecule has 6 heteroatoms. The summed E-state index contributed by atoms with van der Waals surface area (Å²) in [6.07, 6.45) is 1.69. The first kappa shape index (κ1) is 12.1. The molecule has 0 aromatic carbocycles. The van der Waals surface area contributed by atoms with Gasteiger partial charge in [0.05, 0.1) is 23.2 Å². The molecule has 1 aliphatic heterocycles. The number of anilines is 1. The molecule has 0 aliphatic carbocycles. The normalized spacial score (nSPS) is 25.9. The molecule has 2 atom stereocenters. The van der Waals surface area contributed by atoms with Gasteiger partial charge in [0.15, 0.2) is 0 Å². The Morgan fingerprint density at radius 1 is 1.50 bits per heavy atom. The minimum absolute atomic E-state index is 0.205. The van der Waals surface area contributed by atoms with E-state index >= 15 is 0 Å². The number of nitrogens with zero attached hydrogens (tertiary/aromatic N) is 3. The van der Waals surface area contributed by atoms with Crippen molar-refractivity contribution in [2.45, 2.75) is 26.0 Å². The van der Waals surface area contributed by atoms with Gasteiger partial charge in [-0.3, -0.25) is 0 Å². The van der Waals surface area contributed by atoms with E-state index in [0.717, 1.165) is 16.8 Å². The Bertz CT molecular complexity index is 390. The van der Waals surface area contributed by atoms with Crippen LogP contribution in [0.25, 0.3) is 0 Å². The number of hydrogen-bond donors (Lipinski definition) is 0. The minimum atomic E-state index is 0.205. The molecule has 2 heterocycles. The maximum atomic E-state index is 5.96. The van der Waals surface area contributed by atoms with Crippen LogP contribution in [0.2, 0.25) is 5.15 Å². The Hall–Kier alpha value is -0.390. The molecule has 88 valence electrons. The van der Waals surface area contributed by atoms with E-state index in [-0.39, 0.29) is 6.10 Å². The van der Waals surface area contributed by atoms with E-state index in [9.17, 15) is 0 Å². The first-order chi connectivity index (χ1) is 7.59. The van der Waals surface area contributed by atoms with Gasteiger partial charge in [0.1, 0.15) is 17.3 Å². The predicted octanol–water partition coefficient (Wildman–Crippen LogP) is 2.51. The molecule has 0 radical (unpaired) electrons. The molecule has 0 bridgehead atoms. The van der Waals surface area contributed by atoms with Crippen molar-refractivity contribution in [1.29, 1.82) is 0 Å². The van der Waals surface area contributed by atoms with E-state index in [1.54, 1.807) is 0 Å². The lowest BCUT2D eigenvalue weighted by molar-refractivity contribution is 0.0340. The summed E-state index contributed by atoms with van der Waals surface area (Å²) < 4.78 is 6.33. The second kappa shape index (κ2) is 4.85. The zero-order chi connectivity index (χ0) is 11.7. The average Bonchev–Trinajstić information content (AvgIpc) is 2.26. The third-order valence-corrected chi connectivity index (χ3v) is 3.85. The Kier molecular flexibility index (Phi) is 3.66. The van der Waals surface area contributed by atoms with Crippen LogP contribution in [0.1, 0.15) is 13.8 Å². The minimum Gasteiger partial charge on any atom is -0.375 e. The van der Waals surface area contributed by atoms with Crippen molar-refractivity contribution in [3.8, 4) is 0 Å². The summed E-state index contributed by atoms with van der Waals surface area (Å²) in [5.74, 6) is 0.836. The fourth-order valence-corrected chi connectivity index (χ4v) is 2.30. The first-order valence-electron chi connectivity index (χ1n) is 5.14. The molecular formula is C10H13BrClN3O. The molecule has 2 rings (SSSR count). The first-order valence-corrected chi connectivity index (χ1v) is 6.31. The summed E-state index contributed by atoms with van der Waals surface area (Å²) in [5, 5.41) is 0.441. The van der Waals surface area contributed by atoms with Gasteiger partial charge in [-0.05, 0) is 29.8 Å². The second-order valence-corrected chi connectivity index (χ2v) is 5.10. The van der Waals surface area contributed by atoms with E-state index in [4.69, 9.17) is 16.3 Å². The summed E-state index contributed by atoms with van der Waals surface area (Å²) in [7, 11) is 0. The van der Waals surface area contributed by atoms with Gasteiger partial charge in [-0.25, -0.2) is 9.97 Å². The number of rotatable bonds is 1. The summed E-state index contributed by atoms with van der Waals surface area (Å²) in [4.78, 5) is 10.4. The molecule has 1 aliphatic rings. The van der Waals surface area contributed by atoms with Gasteiger partial charge in [-0.1, -0.05) is 11.6 Å². The molecule has 0 amide bonds. The molecule has 1 fully saturated rings. The molecule has 0 N–H and O–H groups in total. The largest absolute Gasteiger partial charge is 0.375 e. The highest BCUT2D eigenvalue weighted by atomic mass is 79.9. The van der Waals surface area contributed by atoms with Crippen LogP contribution in [-0.2, 0) is 4.74 Å². The molecule has 1 aromatic rings. The lowest BCUT2D eigenvalue weighted by Crippen LogP contribution is -2.48. The zero-order valence-electron chi connectivity index (χ0n) is 9.15. The van der Waals surface area contributed by atoms with E-state index < -0.39 is 0 Å². The second-order valence-electron chi connectivity index (χ2n) is 3.95. The zero-order valence-corrected chi connectivity index (χ0v) is 11.5. The highest BCUT2D eigenvalue weighted by molar-refractivity contribution is 9.10. The van der Waals surface area contributed by atoms with Crippen molar-refractivity contribution >= 4 is 33.3 Å². The molecular weight excluding hydrogens is 293 g/mol. The van der Waals surface area contributed by atoms with E-state index in [2.05, 4.69) is 44.6 Å². The summed E-state index contributed by atoms with van der Waals surface area (Å²) in [5.41, 5.74) is 0. The molecule has 1 saturated heterocycles. The molecule has 2 unspecified atom stereocenters. The number of morpholine rings is 1. The molecule has 1 aromatic heterocycles. The van der Waals surface area contributed by atoms with Crippen LogP contribution < -0.4 is 4.90 Å². The topological polar surface area (TPSA) is 38.2 Å². The highest BCUT2D eigenvalue weighted by Gasteiger charge is 2.26. The van der Waals surface area contributed by atoms with Crippen LogP contribution in [0.15, 0.2) is 10.8 Å². The maximum Gasteiger partial charge on any atom is 0.148 e. The van der Waals surface area contributed by atoms with Crippen molar-refractivity contribution in [3.63, 3.8) is 0 Å². The van der Waals surface area contributed by atoms with Crippen LogP contribution in [-0.4, -0.2) is 35.3 Å². The molecule has 0 saturated carbocycles. The lowest BCUT2D eigenvalue weighted by Gasteiger charge is -2.38. The van der Waals surface area contributed by atoms with Crippen molar-refractivity contribution in [2.24, 2.45) is 0 Å².